The molecule has 0 spiro atoms. The van der Waals surface area contributed by atoms with Crippen molar-refractivity contribution >= 4 is 41.7 Å². The highest BCUT2D eigenvalue weighted by Crippen LogP contribution is 2.51. The van der Waals surface area contributed by atoms with Crippen LogP contribution in [0.2, 0.25) is 0 Å². The Hall–Kier alpha value is -3.59. The van der Waals surface area contributed by atoms with E-state index in [-0.39, 0.29) is 24.5 Å². The number of ether oxygens (including phenoxy) is 2. The van der Waals surface area contributed by atoms with Gasteiger partial charge in [-0.3, -0.25) is 14.6 Å². The van der Waals surface area contributed by atoms with Crippen LogP contribution in [-0.2, 0) is 19.1 Å². The van der Waals surface area contributed by atoms with Gasteiger partial charge in [0.2, 0.25) is 5.91 Å². The molecule has 0 radical (unpaired) electrons. The molecule has 2 amide bonds. The summed E-state index contributed by atoms with van der Waals surface area (Å²) in [5.74, 6) is -0.634. The molecular weight excluding hydrogens is 478 g/mol. The van der Waals surface area contributed by atoms with Crippen molar-refractivity contribution in [2.75, 3.05) is 13.2 Å². The number of nitrogens with one attached hydrogen (secondary N) is 1. The highest BCUT2D eigenvalue weighted by Gasteiger charge is 2.64. The molecule has 0 saturated carbocycles. The Labute approximate surface area is 214 Å². The second-order valence-electron chi connectivity index (χ2n) is 9.05. The molecule has 2 fully saturated rings. The van der Waals surface area contributed by atoms with Gasteiger partial charge in [-0.25, -0.2) is 4.79 Å². The molecule has 1 N–H and O–H groups in total. The van der Waals surface area contributed by atoms with Crippen LogP contribution in [0.4, 0.5) is 0 Å². The number of esters is 1. The maximum Gasteiger partial charge on any atom is 0.330 e. The third-order valence-corrected chi connectivity index (χ3v) is 7.60. The van der Waals surface area contributed by atoms with Crippen molar-refractivity contribution in [2.45, 2.75) is 43.0 Å². The third-order valence-electron chi connectivity index (χ3n) is 6.03. The van der Waals surface area contributed by atoms with Crippen LogP contribution in [0.15, 0.2) is 60.8 Å². The number of allylic oxidation sites excluding steroid dienone is 1. The van der Waals surface area contributed by atoms with Gasteiger partial charge in [0.15, 0.2) is 6.61 Å². The molecule has 2 aromatic rings. The summed E-state index contributed by atoms with van der Waals surface area (Å²) >= 11 is 1.47. The van der Waals surface area contributed by atoms with Crippen molar-refractivity contribution in [1.29, 1.82) is 0 Å². The quantitative estimate of drug-likeness (QED) is 0.426. The lowest BCUT2D eigenvalue weighted by molar-refractivity contribution is -0.163. The molecule has 2 saturated heterocycles. The smallest absolute Gasteiger partial charge is 0.330 e. The van der Waals surface area contributed by atoms with E-state index in [2.05, 4.69) is 16.9 Å². The minimum atomic E-state index is -0.775. The Kier molecular flexibility index (Phi) is 7.49. The molecule has 188 valence electrons. The molecule has 0 bridgehead atoms. The van der Waals surface area contributed by atoms with Crippen LogP contribution in [-0.4, -0.2) is 63.1 Å². The van der Waals surface area contributed by atoms with Gasteiger partial charge in [-0.15, -0.1) is 11.8 Å². The van der Waals surface area contributed by atoms with Gasteiger partial charge in [-0.05, 0) is 44.2 Å². The predicted molar refractivity (Wildman–Crippen MR) is 138 cm³/mol. The van der Waals surface area contributed by atoms with Crippen molar-refractivity contribution in [2.24, 2.45) is 0 Å². The zero-order valence-corrected chi connectivity index (χ0v) is 21.3. The molecule has 3 atom stereocenters. The lowest BCUT2D eigenvalue weighted by atomic mass is 9.96. The first kappa shape index (κ1) is 25.5. The molecule has 0 aliphatic carbocycles. The first-order valence-corrected chi connectivity index (χ1v) is 12.5. The fraction of sp³-hybridized carbons (Fsp3) is 0.333. The Morgan fingerprint density at radius 1 is 1.19 bits per heavy atom. The van der Waals surface area contributed by atoms with E-state index in [1.165, 1.54) is 16.7 Å². The van der Waals surface area contributed by atoms with E-state index in [4.69, 9.17) is 9.47 Å². The van der Waals surface area contributed by atoms with E-state index in [9.17, 15) is 14.4 Å². The second-order valence-corrected chi connectivity index (χ2v) is 10.8. The number of thioether (sulfide) groups is 1. The molecule has 1 aromatic heterocycles. The normalized spacial score (nSPS) is 23.0. The van der Waals surface area contributed by atoms with Crippen molar-refractivity contribution in [3.63, 3.8) is 0 Å². The van der Waals surface area contributed by atoms with Gasteiger partial charge in [0.25, 0.3) is 5.91 Å². The molecule has 0 unspecified atom stereocenters. The van der Waals surface area contributed by atoms with Gasteiger partial charge in [0.05, 0.1) is 5.35 Å². The van der Waals surface area contributed by atoms with Crippen molar-refractivity contribution < 1.29 is 23.9 Å². The topological polar surface area (TPSA) is 97.8 Å². The number of β-lactam (4-membered cyclic amide) rings is 1. The number of para-hydroxylation sites is 1. The van der Waals surface area contributed by atoms with Crippen LogP contribution in [0.1, 0.15) is 20.8 Å². The zero-order chi connectivity index (χ0) is 25.9. The average Bonchev–Trinajstić information content (AvgIpc) is 3.12. The minimum absolute atomic E-state index is 0.00361. The van der Waals surface area contributed by atoms with E-state index in [1.807, 2.05) is 57.2 Å². The molecule has 2 aliphatic heterocycles. The summed E-state index contributed by atoms with van der Waals surface area (Å²) in [6.45, 7) is 9.46. The van der Waals surface area contributed by atoms with E-state index >= 15 is 0 Å². The second kappa shape index (κ2) is 10.6. The summed E-state index contributed by atoms with van der Waals surface area (Å²) in [6.07, 6.45) is 5.34. The van der Waals surface area contributed by atoms with Crippen LogP contribution in [0.3, 0.4) is 0 Å². The highest BCUT2D eigenvalue weighted by molar-refractivity contribution is 8.01. The maximum atomic E-state index is 13.2. The largest absolute Gasteiger partial charge is 0.484 e. The molecule has 8 nitrogen and oxygen atoms in total. The summed E-state index contributed by atoms with van der Waals surface area (Å²) in [4.78, 5) is 44.5. The van der Waals surface area contributed by atoms with Crippen LogP contribution >= 0.6 is 11.8 Å². The fourth-order valence-electron chi connectivity index (χ4n) is 4.36. The third kappa shape index (κ3) is 5.16. The number of fused-ring (bicyclic) bond motifs is 1. The van der Waals surface area contributed by atoms with E-state index in [0.29, 0.717) is 11.1 Å². The van der Waals surface area contributed by atoms with Gasteiger partial charge in [0.1, 0.15) is 29.8 Å². The number of aromatic nitrogens is 1. The van der Waals surface area contributed by atoms with Crippen LogP contribution < -0.4 is 20.6 Å². The zero-order valence-electron chi connectivity index (χ0n) is 20.5. The highest BCUT2D eigenvalue weighted by atomic mass is 32.2. The first-order valence-electron chi connectivity index (χ1n) is 11.6. The summed E-state index contributed by atoms with van der Waals surface area (Å²) in [5.41, 5.74) is 0.718. The lowest BCUT2D eigenvalue weighted by Crippen LogP contribution is -2.71. The van der Waals surface area contributed by atoms with Crippen molar-refractivity contribution in [3.05, 3.63) is 71.4 Å². The average molecular weight is 508 g/mol. The number of carbonyl (C=O) groups excluding carboxylic acids is 3. The van der Waals surface area contributed by atoms with E-state index < -0.39 is 28.7 Å². The Morgan fingerprint density at radius 2 is 1.94 bits per heavy atom. The Morgan fingerprint density at radius 3 is 2.64 bits per heavy atom. The molecule has 2 aliphatic rings. The number of hydrogen-bond acceptors (Lipinski definition) is 7. The number of rotatable bonds is 8. The van der Waals surface area contributed by atoms with Gasteiger partial charge >= 0.3 is 5.97 Å². The molecule has 9 heteroatoms. The molecule has 3 heterocycles. The van der Waals surface area contributed by atoms with E-state index in [0.717, 1.165) is 10.8 Å². The van der Waals surface area contributed by atoms with E-state index in [1.54, 1.807) is 24.4 Å². The number of carbonyl (C=O) groups is 3. The predicted octanol–water partition coefficient (Wildman–Crippen LogP) is 1.39. The number of amides is 2. The summed E-state index contributed by atoms with van der Waals surface area (Å²) < 4.78 is 10.6. The molecular formula is C27H29N3O5S. The van der Waals surface area contributed by atoms with Gasteiger partial charge in [-0.1, -0.05) is 43.0 Å². The number of pyridine rings is 1. The monoisotopic (exact) mass is 507 g/mol. The Bertz CT molecular complexity index is 1290. The SMILES string of the molecule is C=c1cccn/c1=C(/C=C\C)COC(=O)[C@@H]1N2C(=O)[C@@H](NC(=O)COc3ccccc3)[C@H]2SC1(C)C. The summed E-state index contributed by atoms with van der Waals surface area (Å²) in [7, 11) is 0. The van der Waals surface area contributed by atoms with Crippen molar-refractivity contribution in [3.8, 4) is 5.75 Å². The van der Waals surface area contributed by atoms with Gasteiger partial charge < -0.3 is 19.7 Å². The summed E-state index contributed by atoms with van der Waals surface area (Å²) in [5, 5.41) is 3.77. The van der Waals surface area contributed by atoms with Gasteiger partial charge in [0, 0.05) is 16.5 Å². The van der Waals surface area contributed by atoms with Crippen LogP contribution in [0, 0.1) is 0 Å². The van der Waals surface area contributed by atoms with Crippen LogP contribution in [0.5, 0.6) is 5.75 Å². The maximum absolute atomic E-state index is 13.2. The number of benzene rings is 1. The standard InChI is InChI=1S/C27H29N3O5S/c1-5-10-18(21-17(2)11-9-14-28-21)15-35-26(33)23-27(3,4)36-25-22(24(32)30(23)25)29-20(31)16-34-19-12-7-6-8-13-19/h5-14,22-23,25H,2,15-16H2,1,3-4H3,(H,29,31)/b10-5-,21-18-/t22-,23+,25-/m1/s1. The molecule has 36 heavy (non-hydrogen) atoms. The first-order chi connectivity index (χ1) is 17.2. The minimum Gasteiger partial charge on any atom is -0.484 e. The van der Waals surface area contributed by atoms with Crippen LogP contribution in [0.25, 0.3) is 12.2 Å². The van der Waals surface area contributed by atoms with Gasteiger partial charge in [-0.2, -0.15) is 0 Å². The number of hydrogen-bond donors (Lipinski definition) is 1. The molecule has 4 rings (SSSR count). The number of nitrogens with zero attached hydrogens (tertiary/aromatic N) is 2. The lowest BCUT2D eigenvalue weighted by Gasteiger charge is -2.43. The fourth-order valence-corrected chi connectivity index (χ4v) is 5.98. The molecule has 1 aromatic carbocycles. The Balaban J connectivity index is 1.41. The van der Waals surface area contributed by atoms with Crippen molar-refractivity contribution in [1.82, 2.24) is 15.2 Å². The summed E-state index contributed by atoms with van der Waals surface area (Å²) in [6, 6.07) is 11.1.